The van der Waals surface area contributed by atoms with Gasteiger partial charge in [0.1, 0.15) is 0 Å². The van der Waals surface area contributed by atoms with Gasteiger partial charge in [-0.1, -0.05) is 35.9 Å². The summed E-state index contributed by atoms with van der Waals surface area (Å²) in [6.45, 7) is 6.25. The Morgan fingerprint density at radius 2 is 1.79 bits per heavy atom. The second-order valence-corrected chi connectivity index (χ2v) is 8.87. The van der Waals surface area contributed by atoms with Crippen LogP contribution in [0.25, 0.3) is 16.7 Å². The fraction of sp³-hybridized carbons (Fsp3) is 0.154. The molecule has 3 aromatic carbocycles. The minimum atomic E-state index is -0.479. The molecule has 0 atom stereocenters. The maximum absolute atomic E-state index is 13.5. The molecule has 5 aromatic rings. The summed E-state index contributed by atoms with van der Waals surface area (Å²) >= 11 is 6.15. The number of amides is 1. The minimum Gasteiger partial charge on any atom is -0.319 e. The van der Waals surface area contributed by atoms with Crippen molar-refractivity contribution in [1.29, 1.82) is 0 Å². The van der Waals surface area contributed by atoms with E-state index in [1.54, 1.807) is 10.6 Å². The number of aryl methyl sites for hydroxylation is 3. The van der Waals surface area contributed by atoms with Crippen LogP contribution in [-0.4, -0.2) is 25.1 Å². The highest BCUT2D eigenvalue weighted by Gasteiger charge is 2.20. The van der Waals surface area contributed by atoms with Gasteiger partial charge in [0.2, 0.25) is 11.5 Å². The van der Waals surface area contributed by atoms with Crippen molar-refractivity contribution in [3.63, 3.8) is 0 Å². The van der Waals surface area contributed by atoms with Gasteiger partial charge in [-0.15, -0.1) is 5.10 Å². The van der Waals surface area contributed by atoms with Crippen molar-refractivity contribution >= 4 is 39.9 Å². The maximum atomic E-state index is 13.5. The van der Waals surface area contributed by atoms with Crippen LogP contribution in [0.15, 0.2) is 65.5 Å². The number of hydrogen-bond acceptors (Lipinski definition) is 4. The number of carbonyl (C=O) groups excluding carboxylic acids is 1. The largest absolute Gasteiger partial charge is 0.319 e. The van der Waals surface area contributed by atoms with E-state index in [1.165, 1.54) is 4.52 Å². The summed E-state index contributed by atoms with van der Waals surface area (Å²) in [5.74, 6) is -0.550. The quantitative estimate of drug-likeness (QED) is 0.403. The van der Waals surface area contributed by atoms with E-state index in [1.807, 2.05) is 75.4 Å². The Labute approximate surface area is 200 Å². The number of nitrogens with one attached hydrogen (secondary N) is 1. The van der Waals surface area contributed by atoms with Gasteiger partial charge in [0, 0.05) is 10.7 Å². The first-order valence-electron chi connectivity index (χ1n) is 10.8. The van der Waals surface area contributed by atoms with Gasteiger partial charge < -0.3 is 5.32 Å². The first kappa shape index (κ1) is 21.9. The van der Waals surface area contributed by atoms with E-state index in [9.17, 15) is 9.59 Å². The third kappa shape index (κ3) is 3.95. The zero-order valence-corrected chi connectivity index (χ0v) is 19.7. The third-order valence-corrected chi connectivity index (χ3v) is 6.13. The molecule has 0 bridgehead atoms. The molecule has 0 fully saturated rings. The molecule has 2 heterocycles. The van der Waals surface area contributed by atoms with Gasteiger partial charge in [-0.05, 0) is 79.4 Å². The predicted molar refractivity (Wildman–Crippen MR) is 134 cm³/mol. The standard InChI is InChI=1S/C26H22ClN5O2/c1-15-7-10-21-22(11-15)31(14-18-5-4-6-19(27)13-18)26(34)24-29-23(30-32(21)24)25(33)28-20-9-8-16(2)17(3)12-20/h4-13H,14H2,1-3H3,(H,28,33). The van der Waals surface area contributed by atoms with Crippen LogP contribution in [0.3, 0.4) is 0 Å². The normalized spacial score (nSPS) is 11.3. The predicted octanol–water partition coefficient (Wildman–Crippen LogP) is 4.92. The van der Waals surface area contributed by atoms with Crippen LogP contribution in [-0.2, 0) is 6.54 Å². The summed E-state index contributed by atoms with van der Waals surface area (Å²) in [6.07, 6.45) is 0. The van der Waals surface area contributed by atoms with Crippen molar-refractivity contribution in [3.05, 3.63) is 104 Å². The Bertz CT molecular complexity index is 1650. The van der Waals surface area contributed by atoms with Crippen molar-refractivity contribution in [1.82, 2.24) is 19.2 Å². The summed E-state index contributed by atoms with van der Waals surface area (Å²) in [7, 11) is 0. The fourth-order valence-corrected chi connectivity index (χ4v) is 4.17. The minimum absolute atomic E-state index is 0.0716. The van der Waals surface area contributed by atoms with E-state index in [0.717, 1.165) is 22.3 Å². The molecule has 0 spiro atoms. The van der Waals surface area contributed by atoms with Gasteiger partial charge in [-0.25, -0.2) is 4.52 Å². The van der Waals surface area contributed by atoms with Gasteiger partial charge in [0.05, 0.1) is 17.6 Å². The van der Waals surface area contributed by atoms with Crippen molar-refractivity contribution in [2.75, 3.05) is 5.32 Å². The summed E-state index contributed by atoms with van der Waals surface area (Å²) in [4.78, 5) is 30.7. The van der Waals surface area contributed by atoms with Gasteiger partial charge in [-0.2, -0.15) is 4.98 Å². The molecule has 0 aliphatic heterocycles. The van der Waals surface area contributed by atoms with Crippen LogP contribution in [0, 0.1) is 20.8 Å². The van der Waals surface area contributed by atoms with E-state index in [4.69, 9.17) is 11.6 Å². The van der Waals surface area contributed by atoms with E-state index in [0.29, 0.717) is 28.3 Å². The molecular weight excluding hydrogens is 450 g/mol. The molecule has 0 aliphatic rings. The molecule has 0 saturated carbocycles. The Hall–Kier alpha value is -3.97. The van der Waals surface area contributed by atoms with Crippen LogP contribution in [0.2, 0.25) is 5.02 Å². The molecule has 5 rings (SSSR count). The van der Waals surface area contributed by atoms with Crippen LogP contribution in [0.4, 0.5) is 5.69 Å². The number of benzene rings is 3. The highest BCUT2D eigenvalue weighted by molar-refractivity contribution is 6.30. The lowest BCUT2D eigenvalue weighted by molar-refractivity contribution is 0.101. The van der Waals surface area contributed by atoms with Crippen molar-refractivity contribution in [3.8, 4) is 0 Å². The summed E-state index contributed by atoms with van der Waals surface area (Å²) < 4.78 is 3.09. The van der Waals surface area contributed by atoms with Crippen LogP contribution >= 0.6 is 11.6 Å². The Morgan fingerprint density at radius 1 is 0.971 bits per heavy atom. The number of fused-ring (bicyclic) bond motifs is 3. The second kappa shape index (κ2) is 8.43. The van der Waals surface area contributed by atoms with Crippen LogP contribution < -0.4 is 10.9 Å². The number of nitrogens with zero attached hydrogens (tertiary/aromatic N) is 4. The zero-order chi connectivity index (χ0) is 24.0. The maximum Gasteiger partial charge on any atom is 0.296 e. The first-order chi connectivity index (χ1) is 16.3. The summed E-state index contributed by atoms with van der Waals surface area (Å²) in [6, 6.07) is 18.8. The number of carbonyl (C=O) groups is 1. The third-order valence-electron chi connectivity index (χ3n) is 5.89. The molecule has 0 aliphatic carbocycles. The number of anilines is 1. The molecule has 0 radical (unpaired) electrons. The monoisotopic (exact) mass is 471 g/mol. The molecule has 8 heteroatoms. The average molecular weight is 472 g/mol. The molecule has 1 N–H and O–H groups in total. The molecule has 1 amide bonds. The molecule has 0 unspecified atom stereocenters. The van der Waals surface area contributed by atoms with Crippen molar-refractivity contribution < 1.29 is 4.79 Å². The molecule has 2 aromatic heterocycles. The highest BCUT2D eigenvalue weighted by Crippen LogP contribution is 2.19. The topological polar surface area (TPSA) is 81.3 Å². The number of hydrogen-bond donors (Lipinski definition) is 1. The lowest BCUT2D eigenvalue weighted by Crippen LogP contribution is -2.24. The van der Waals surface area contributed by atoms with E-state index in [2.05, 4.69) is 15.4 Å². The SMILES string of the molecule is Cc1ccc2c(c1)n(Cc1cccc(Cl)c1)c(=O)c1nc(C(=O)Nc3ccc(C)c(C)c3)nn12. The lowest BCUT2D eigenvalue weighted by Gasteiger charge is -2.12. The Balaban J connectivity index is 1.63. The molecular formula is C26H22ClN5O2. The van der Waals surface area contributed by atoms with Gasteiger partial charge >= 0.3 is 0 Å². The van der Waals surface area contributed by atoms with E-state index < -0.39 is 5.91 Å². The molecule has 7 nitrogen and oxygen atoms in total. The number of rotatable bonds is 4. The van der Waals surface area contributed by atoms with Gasteiger partial charge in [0.15, 0.2) is 0 Å². The van der Waals surface area contributed by atoms with E-state index in [-0.39, 0.29) is 17.0 Å². The zero-order valence-electron chi connectivity index (χ0n) is 19.0. The Kier molecular flexibility index (Phi) is 5.42. The second-order valence-electron chi connectivity index (χ2n) is 8.44. The van der Waals surface area contributed by atoms with Gasteiger partial charge in [0.25, 0.3) is 11.5 Å². The summed E-state index contributed by atoms with van der Waals surface area (Å²) in [5.41, 5.74) is 5.85. The average Bonchev–Trinajstić information content (AvgIpc) is 3.25. The Morgan fingerprint density at radius 3 is 2.56 bits per heavy atom. The first-order valence-corrected chi connectivity index (χ1v) is 11.2. The summed E-state index contributed by atoms with van der Waals surface area (Å²) in [5, 5.41) is 7.81. The van der Waals surface area contributed by atoms with Crippen LogP contribution in [0.5, 0.6) is 0 Å². The highest BCUT2D eigenvalue weighted by atomic mass is 35.5. The van der Waals surface area contributed by atoms with Crippen molar-refractivity contribution in [2.45, 2.75) is 27.3 Å². The fourth-order valence-electron chi connectivity index (χ4n) is 3.95. The van der Waals surface area contributed by atoms with Gasteiger partial charge in [-0.3, -0.25) is 14.2 Å². The molecule has 0 saturated heterocycles. The molecule has 34 heavy (non-hydrogen) atoms. The van der Waals surface area contributed by atoms with Crippen molar-refractivity contribution in [2.24, 2.45) is 0 Å². The smallest absolute Gasteiger partial charge is 0.296 e. The number of halogens is 1. The molecule has 170 valence electrons. The lowest BCUT2D eigenvalue weighted by atomic mass is 10.1. The van der Waals surface area contributed by atoms with Crippen LogP contribution in [0.1, 0.15) is 32.9 Å². The number of aromatic nitrogens is 4. The van der Waals surface area contributed by atoms with E-state index >= 15 is 0 Å².